The molecule has 0 aromatic carbocycles. The van der Waals surface area contributed by atoms with Crippen LogP contribution >= 0.6 is 11.3 Å². The SMILES string of the molecule is Cn1cc(-c2c(-c3c(C(F)F)nn4c3OC[C@@H](NC(=O)OC(C)(C)C)C4)n(COCC[Si](C)(C)C)c3ncsc23)c(OC(F)F)n1. The Morgan fingerprint density at radius 3 is 2.59 bits per heavy atom. The van der Waals surface area contributed by atoms with Gasteiger partial charge < -0.3 is 24.3 Å². The van der Waals surface area contributed by atoms with Crippen molar-refractivity contribution in [3.63, 3.8) is 0 Å². The normalized spacial score (nSPS) is 15.5. The van der Waals surface area contributed by atoms with Gasteiger partial charge >= 0.3 is 12.7 Å². The molecule has 18 heteroatoms. The Kier molecular flexibility index (Phi) is 9.43. The van der Waals surface area contributed by atoms with E-state index < -0.39 is 44.5 Å². The zero-order chi connectivity index (χ0) is 33.6. The number of halogens is 4. The van der Waals surface area contributed by atoms with E-state index in [0.29, 0.717) is 22.5 Å². The Bertz CT molecular complexity index is 1710. The van der Waals surface area contributed by atoms with Crippen LogP contribution in [0.5, 0.6) is 11.8 Å². The van der Waals surface area contributed by atoms with Crippen molar-refractivity contribution < 1.29 is 41.3 Å². The van der Waals surface area contributed by atoms with Gasteiger partial charge in [0.25, 0.3) is 6.43 Å². The smallest absolute Gasteiger partial charge is 0.408 e. The maximum absolute atomic E-state index is 14.8. The summed E-state index contributed by atoms with van der Waals surface area (Å²) in [7, 11) is 0.0733. The Hall–Kier alpha value is -3.64. The fraction of sp³-hybridized carbons (Fsp3) is 0.571. The summed E-state index contributed by atoms with van der Waals surface area (Å²) >= 11 is 1.21. The number of amides is 1. The van der Waals surface area contributed by atoms with Crippen molar-refractivity contribution in [3.05, 3.63) is 17.4 Å². The molecular weight excluding hydrogens is 650 g/mol. The highest BCUT2D eigenvalue weighted by Crippen LogP contribution is 2.50. The fourth-order valence-corrected chi connectivity index (χ4v) is 6.65. The van der Waals surface area contributed by atoms with Gasteiger partial charge in [0, 0.05) is 33.5 Å². The molecule has 1 N–H and O–H groups in total. The quantitative estimate of drug-likeness (QED) is 0.108. The lowest BCUT2D eigenvalue weighted by molar-refractivity contribution is -0.0527. The molecule has 0 radical (unpaired) electrons. The third-order valence-electron chi connectivity index (χ3n) is 6.93. The van der Waals surface area contributed by atoms with Crippen molar-refractivity contribution >= 4 is 35.9 Å². The molecule has 0 saturated heterocycles. The molecule has 5 rings (SSSR count). The van der Waals surface area contributed by atoms with Gasteiger partial charge in [-0.3, -0.25) is 9.25 Å². The monoisotopic (exact) mass is 687 g/mol. The summed E-state index contributed by atoms with van der Waals surface area (Å²) in [5, 5.41) is 11.0. The van der Waals surface area contributed by atoms with Crippen LogP contribution in [-0.4, -0.2) is 74.7 Å². The zero-order valence-electron chi connectivity index (χ0n) is 26.6. The molecule has 0 spiro atoms. The van der Waals surface area contributed by atoms with E-state index in [0.717, 1.165) is 6.04 Å². The number of thiazole rings is 1. The number of ether oxygens (including phenoxy) is 4. The van der Waals surface area contributed by atoms with E-state index in [9.17, 15) is 22.4 Å². The van der Waals surface area contributed by atoms with E-state index in [1.54, 1.807) is 30.8 Å². The molecule has 4 aromatic heterocycles. The summed E-state index contributed by atoms with van der Waals surface area (Å²) in [5.41, 5.74) is 1.21. The number of aryl methyl sites for hydroxylation is 1. The average molecular weight is 688 g/mol. The Morgan fingerprint density at radius 2 is 1.93 bits per heavy atom. The predicted octanol–water partition coefficient (Wildman–Crippen LogP) is 6.50. The van der Waals surface area contributed by atoms with Crippen molar-refractivity contribution in [2.24, 2.45) is 7.05 Å². The van der Waals surface area contributed by atoms with E-state index >= 15 is 0 Å². The maximum atomic E-state index is 14.8. The highest BCUT2D eigenvalue weighted by molar-refractivity contribution is 7.17. The lowest BCUT2D eigenvalue weighted by Crippen LogP contribution is -2.46. The number of nitrogens with zero attached hydrogens (tertiary/aromatic N) is 6. The van der Waals surface area contributed by atoms with Crippen LogP contribution in [0.3, 0.4) is 0 Å². The van der Waals surface area contributed by atoms with Crippen molar-refractivity contribution in [2.75, 3.05) is 13.2 Å². The molecule has 0 aliphatic carbocycles. The van der Waals surface area contributed by atoms with Gasteiger partial charge in [-0.2, -0.15) is 13.9 Å². The van der Waals surface area contributed by atoms with E-state index in [-0.39, 0.29) is 48.5 Å². The number of carbonyl (C=O) groups is 1. The number of hydrogen-bond acceptors (Lipinski definition) is 9. The van der Waals surface area contributed by atoms with Crippen LogP contribution in [0.4, 0.5) is 22.4 Å². The van der Waals surface area contributed by atoms with Crippen LogP contribution in [0.2, 0.25) is 25.7 Å². The Morgan fingerprint density at radius 1 is 1.20 bits per heavy atom. The molecule has 1 atom stereocenters. The molecule has 46 heavy (non-hydrogen) atoms. The number of alkyl carbamates (subject to hydrolysis) is 1. The summed E-state index contributed by atoms with van der Waals surface area (Å²) in [6.07, 6.45) is -2.26. The van der Waals surface area contributed by atoms with Crippen LogP contribution in [0.1, 0.15) is 32.9 Å². The topological polar surface area (TPSA) is 119 Å². The standard InChI is InChI=1S/C28H37F4N7O5SSi/c1-28(2,3)44-27(40)34-15-10-39-25(42-12-15)18(19(35-39)22(29)30)20-17(16-11-37(4)36-24(16)43-26(31)32)21-23(33-13-45-21)38(20)14-41-8-9-46(5,6)7/h11,13,15,22,26H,8-10,12,14H2,1-7H3,(H,34,40)/t15-/m0/s1. The van der Waals surface area contributed by atoms with Crippen LogP contribution in [0, 0.1) is 0 Å². The summed E-state index contributed by atoms with van der Waals surface area (Å²) in [6.45, 7) is 8.89. The first-order chi connectivity index (χ1) is 21.5. The van der Waals surface area contributed by atoms with Gasteiger partial charge in [0.05, 0.1) is 39.6 Å². The Labute approximate surface area is 267 Å². The van der Waals surface area contributed by atoms with Gasteiger partial charge in [0.15, 0.2) is 5.65 Å². The number of rotatable bonds is 11. The van der Waals surface area contributed by atoms with Crippen LogP contribution in [0.25, 0.3) is 32.7 Å². The molecule has 252 valence electrons. The van der Waals surface area contributed by atoms with Gasteiger partial charge in [0.1, 0.15) is 24.6 Å². The molecule has 0 saturated carbocycles. The second kappa shape index (κ2) is 12.9. The highest BCUT2D eigenvalue weighted by Gasteiger charge is 2.37. The minimum absolute atomic E-state index is 0.0102. The van der Waals surface area contributed by atoms with Crippen LogP contribution in [-0.2, 0) is 29.8 Å². The minimum atomic E-state index is -3.18. The molecule has 0 unspecified atom stereocenters. The summed E-state index contributed by atoms with van der Waals surface area (Å²) in [6, 6.07) is 0.220. The van der Waals surface area contributed by atoms with Crippen molar-refractivity contribution in [1.29, 1.82) is 0 Å². The molecule has 1 aliphatic rings. The number of fused-ring (bicyclic) bond motifs is 2. The second-order valence-corrected chi connectivity index (χ2v) is 19.6. The van der Waals surface area contributed by atoms with Crippen LogP contribution < -0.4 is 14.8 Å². The van der Waals surface area contributed by atoms with Crippen molar-refractivity contribution in [2.45, 2.75) is 84.4 Å². The summed E-state index contributed by atoms with van der Waals surface area (Å²) < 4.78 is 83.6. The Balaban J connectivity index is 1.66. The van der Waals surface area contributed by atoms with Crippen molar-refractivity contribution in [3.8, 4) is 34.1 Å². The van der Waals surface area contributed by atoms with Gasteiger partial charge in [0.2, 0.25) is 11.8 Å². The number of nitrogens with one attached hydrogen (secondary N) is 1. The van der Waals surface area contributed by atoms with Gasteiger partial charge in [-0.25, -0.2) is 23.2 Å². The largest absolute Gasteiger partial charge is 0.475 e. The predicted molar refractivity (Wildman–Crippen MR) is 165 cm³/mol. The maximum Gasteiger partial charge on any atom is 0.408 e. The molecule has 0 fully saturated rings. The lowest BCUT2D eigenvalue weighted by Gasteiger charge is -2.27. The molecule has 1 amide bonds. The van der Waals surface area contributed by atoms with Gasteiger partial charge in [-0.05, 0) is 26.8 Å². The average Bonchev–Trinajstić information content (AvgIpc) is 3.66. The minimum Gasteiger partial charge on any atom is -0.475 e. The molecule has 1 aliphatic heterocycles. The first kappa shape index (κ1) is 33.7. The molecule has 5 heterocycles. The second-order valence-electron chi connectivity index (χ2n) is 13.1. The third-order valence-corrected chi connectivity index (χ3v) is 9.47. The lowest BCUT2D eigenvalue weighted by atomic mass is 10.0. The summed E-state index contributed by atoms with van der Waals surface area (Å²) in [4.78, 5) is 16.9. The van der Waals surface area contributed by atoms with Gasteiger partial charge in [-0.1, -0.05) is 19.6 Å². The zero-order valence-corrected chi connectivity index (χ0v) is 28.4. The number of alkyl halides is 4. The van der Waals surface area contributed by atoms with E-state index in [4.69, 9.17) is 18.9 Å². The van der Waals surface area contributed by atoms with Gasteiger partial charge in [-0.15, -0.1) is 16.4 Å². The fourth-order valence-electron chi connectivity index (χ4n) is 5.04. The van der Waals surface area contributed by atoms with E-state index in [1.165, 1.54) is 33.9 Å². The molecule has 12 nitrogen and oxygen atoms in total. The van der Waals surface area contributed by atoms with Crippen molar-refractivity contribution in [1.82, 2.24) is 34.4 Å². The third kappa shape index (κ3) is 7.33. The highest BCUT2D eigenvalue weighted by atomic mass is 32.1. The number of hydrogen-bond donors (Lipinski definition) is 1. The molecule has 4 aromatic rings. The van der Waals surface area contributed by atoms with Crippen LogP contribution in [0.15, 0.2) is 11.7 Å². The number of carbonyl (C=O) groups excluding carboxylic acids is 1. The number of aromatic nitrogens is 6. The first-order valence-corrected chi connectivity index (χ1v) is 19.1. The first-order valence-electron chi connectivity index (χ1n) is 14.6. The summed E-state index contributed by atoms with van der Waals surface area (Å²) in [5.74, 6) is -0.361. The molecular formula is C28H37F4N7O5SSi. The van der Waals surface area contributed by atoms with E-state index in [1.807, 2.05) is 0 Å². The molecule has 0 bridgehead atoms. The van der Waals surface area contributed by atoms with E-state index in [2.05, 4.69) is 40.1 Å².